The van der Waals surface area contributed by atoms with Crippen molar-refractivity contribution in [2.45, 2.75) is 19.9 Å². The van der Waals surface area contributed by atoms with Crippen molar-refractivity contribution in [1.82, 2.24) is 4.57 Å². The first-order valence-corrected chi connectivity index (χ1v) is 8.27. The fourth-order valence-electron chi connectivity index (χ4n) is 2.38. The van der Waals surface area contributed by atoms with Gasteiger partial charge in [0.15, 0.2) is 0 Å². The number of nitrogens with zero attached hydrogens (tertiary/aromatic N) is 2. The molecule has 0 aliphatic carbocycles. The SMILES string of the molecule is COc1cccc(Oc2ccc(N=Cc3ccn(C(C)C)c3)cc2)c1. The minimum absolute atomic E-state index is 0.454. The molecule has 0 amide bonds. The zero-order chi connectivity index (χ0) is 17.6. The summed E-state index contributed by atoms with van der Waals surface area (Å²) in [6, 6.07) is 17.7. The molecule has 0 saturated heterocycles. The second kappa shape index (κ2) is 7.71. The van der Waals surface area contributed by atoms with Gasteiger partial charge in [-0.25, -0.2) is 0 Å². The average Bonchev–Trinajstić information content (AvgIpc) is 3.11. The highest BCUT2D eigenvalue weighted by molar-refractivity contribution is 5.81. The lowest BCUT2D eigenvalue weighted by molar-refractivity contribution is 0.409. The third-order valence-electron chi connectivity index (χ3n) is 3.81. The molecule has 3 rings (SSSR count). The fraction of sp³-hybridized carbons (Fsp3) is 0.190. The minimum Gasteiger partial charge on any atom is -0.497 e. The highest BCUT2D eigenvalue weighted by Gasteiger charge is 2.00. The maximum atomic E-state index is 5.83. The third-order valence-corrected chi connectivity index (χ3v) is 3.81. The van der Waals surface area contributed by atoms with Gasteiger partial charge in [0.25, 0.3) is 0 Å². The highest BCUT2D eigenvalue weighted by atomic mass is 16.5. The van der Waals surface area contributed by atoms with Crippen LogP contribution < -0.4 is 9.47 Å². The van der Waals surface area contributed by atoms with Crippen molar-refractivity contribution in [3.63, 3.8) is 0 Å². The predicted molar refractivity (Wildman–Crippen MR) is 102 cm³/mol. The molecule has 128 valence electrons. The van der Waals surface area contributed by atoms with Crippen LogP contribution in [-0.2, 0) is 0 Å². The van der Waals surface area contributed by atoms with Crippen molar-refractivity contribution in [3.8, 4) is 17.2 Å². The van der Waals surface area contributed by atoms with E-state index in [2.05, 4.69) is 41.9 Å². The first kappa shape index (κ1) is 16.8. The Hall–Kier alpha value is -3.01. The van der Waals surface area contributed by atoms with Gasteiger partial charge in [-0.05, 0) is 56.3 Å². The van der Waals surface area contributed by atoms with Gasteiger partial charge >= 0.3 is 0 Å². The van der Waals surface area contributed by atoms with Gasteiger partial charge in [0.2, 0.25) is 0 Å². The molecule has 4 heteroatoms. The first-order chi connectivity index (χ1) is 12.1. The lowest BCUT2D eigenvalue weighted by Crippen LogP contribution is -1.95. The van der Waals surface area contributed by atoms with Gasteiger partial charge in [0, 0.05) is 36.3 Å². The molecule has 2 aromatic carbocycles. The Kier molecular flexibility index (Phi) is 5.19. The Balaban J connectivity index is 1.66. The summed E-state index contributed by atoms with van der Waals surface area (Å²) < 4.78 is 13.2. The predicted octanol–water partition coefficient (Wildman–Crippen LogP) is 5.62. The Morgan fingerprint density at radius 1 is 0.960 bits per heavy atom. The second-order valence-electron chi connectivity index (χ2n) is 6.02. The van der Waals surface area contributed by atoms with Crippen LogP contribution in [0.4, 0.5) is 5.69 Å². The van der Waals surface area contributed by atoms with E-state index in [0.717, 1.165) is 28.5 Å². The topological polar surface area (TPSA) is 35.8 Å². The van der Waals surface area contributed by atoms with E-state index in [9.17, 15) is 0 Å². The third kappa shape index (κ3) is 4.51. The number of ether oxygens (including phenoxy) is 2. The molecule has 0 spiro atoms. The summed E-state index contributed by atoms with van der Waals surface area (Å²) in [6.45, 7) is 4.31. The summed E-state index contributed by atoms with van der Waals surface area (Å²) in [4.78, 5) is 4.51. The van der Waals surface area contributed by atoms with Gasteiger partial charge in [-0.1, -0.05) is 6.07 Å². The summed E-state index contributed by atoms with van der Waals surface area (Å²) >= 11 is 0. The van der Waals surface area contributed by atoms with E-state index in [-0.39, 0.29) is 0 Å². The van der Waals surface area contributed by atoms with E-state index in [1.807, 2.05) is 54.7 Å². The Morgan fingerprint density at radius 3 is 2.40 bits per heavy atom. The maximum absolute atomic E-state index is 5.83. The molecule has 0 aliphatic rings. The van der Waals surface area contributed by atoms with Crippen molar-refractivity contribution in [2.75, 3.05) is 7.11 Å². The number of aliphatic imine (C=N–C) groups is 1. The molecule has 0 radical (unpaired) electrons. The molecule has 1 aromatic heterocycles. The summed E-state index contributed by atoms with van der Waals surface area (Å²) in [6.07, 6.45) is 6.03. The van der Waals surface area contributed by atoms with Crippen LogP contribution in [0.5, 0.6) is 17.2 Å². The average molecular weight is 334 g/mol. The summed E-state index contributed by atoms with van der Waals surface area (Å²) in [5.41, 5.74) is 1.97. The smallest absolute Gasteiger partial charge is 0.131 e. The first-order valence-electron chi connectivity index (χ1n) is 8.27. The maximum Gasteiger partial charge on any atom is 0.131 e. The normalized spacial score (nSPS) is 11.2. The summed E-state index contributed by atoms with van der Waals surface area (Å²) in [5.74, 6) is 2.27. The number of benzene rings is 2. The van der Waals surface area contributed by atoms with Crippen LogP contribution in [0.25, 0.3) is 0 Å². The van der Waals surface area contributed by atoms with Crippen LogP contribution in [-0.4, -0.2) is 17.9 Å². The molecule has 4 nitrogen and oxygen atoms in total. The van der Waals surface area contributed by atoms with Crippen LogP contribution in [0.15, 0.2) is 72.0 Å². The second-order valence-corrected chi connectivity index (χ2v) is 6.02. The highest BCUT2D eigenvalue weighted by Crippen LogP contribution is 2.26. The van der Waals surface area contributed by atoms with Gasteiger partial charge in [0.1, 0.15) is 17.2 Å². The monoisotopic (exact) mass is 334 g/mol. The Labute approximate surface area is 148 Å². The molecule has 0 saturated carbocycles. The number of hydrogen-bond donors (Lipinski definition) is 0. The van der Waals surface area contributed by atoms with Gasteiger partial charge in [0.05, 0.1) is 12.8 Å². The van der Waals surface area contributed by atoms with Crippen LogP contribution in [0.1, 0.15) is 25.5 Å². The van der Waals surface area contributed by atoms with Crippen molar-refractivity contribution < 1.29 is 9.47 Å². The quantitative estimate of drug-likeness (QED) is 0.548. The van der Waals surface area contributed by atoms with E-state index in [0.29, 0.717) is 6.04 Å². The molecule has 0 atom stereocenters. The zero-order valence-electron chi connectivity index (χ0n) is 14.7. The molecule has 0 unspecified atom stereocenters. The Morgan fingerprint density at radius 2 is 1.72 bits per heavy atom. The van der Waals surface area contributed by atoms with Crippen molar-refractivity contribution >= 4 is 11.9 Å². The number of aromatic nitrogens is 1. The van der Waals surface area contributed by atoms with E-state index in [1.165, 1.54) is 0 Å². The zero-order valence-corrected chi connectivity index (χ0v) is 14.7. The molecule has 0 aliphatic heterocycles. The molecular weight excluding hydrogens is 312 g/mol. The number of methoxy groups -OCH3 is 1. The largest absolute Gasteiger partial charge is 0.497 e. The van der Waals surface area contributed by atoms with Gasteiger partial charge < -0.3 is 14.0 Å². The summed E-state index contributed by atoms with van der Waals surface area (Å²) in [7, 11) is 1.64. The van der Waals surface area contributed by atoms with E-state index >= 15 is 0 Å². The standard InChI is InChI=1S/C21H22N2O2/c1-16(2)23-12-11-17(15-23)14-22-18-7-9-19(10-8-18)25-21-6-4-5-20(13-21)24-3/h4-16H,1-3H3. The molecule has 1 heterocycles. The lowest BCUT2D eigenvalue weighted by atomic mass is 10.3. The van der Waals surface area contributed by atoms with Crippen molar-refractivity contribution in [3.05, 3.63) is 72.6 Å². The van der Waals surface area contributed by atoms with Crippen LogP contribution in [0.2, 0.25) is 0 Å². The van der Waals surface area contributed by atoms with Gasteiger partial charge in [-0.15, -0.1) is 0 Å². The van der Waals surface area contributed by atoms with E-state index in [4.69, 9.17) is 9.47 Å². The molecular formula is C21H22N2O2. The number of rotatable bonds is 6. The van der Waals surface area contributed by atoms with Crippen molar-refractivity contribution in [2.24, 2.45) is 4.99 Å². The van der Waals surface area contributed by atoms with Crippen LogP contribution >= 0.6 is 0 Å². The lowest BCUT2D eigenvalue weighted by Gasteiger charge is -2.07. The van der Waals surface area contributed by atoms with Crippen molar-refractivity contribution in [1.29, 1.82) is 0 Å². The van der Waals surface area contributed by atoms with E-state index < -0.39 is 0 Å². The van der Waals surface area contributed by atoms with Gasteiger partial charge in [-0.3, -0.25) is 4.99 Å². The molecule has 0 bridgehead atoms. The Bertz CT molecular complexity index is 848. The molecule has 0 N–H and O–H groups in total. The molecule has 0 fully saturated rings. The number of hydrogen-bond acceptors (Lipinski definition) is 3. The van der Waals surface area contributed by atoms with Crippen LogP contribution in [0, 0.1) is 0 Å². The molecule has 3 aromatic rings. The summed E-state index contributed by atoms with van der Waals surface area (Å²) in [5, 5.41) is 0. The van der Waals surface area contributed by atoms with Gasteiger partial charge in [-0.2, -0.15) is 0 Å². The van der Waals surface area contributed by atoms with E-state index in [1.54, 1.807) is 7.11 Å². The minimum atomic E-state index is 0.454. The fourth-order valence-corrected chi connectivity index (χ4v) is 2.38. The molecule has 25 heavy (non-hydrogen) atoms. The van der Waals surface area contributed by atoms with Crippen LogP contribution in [0.3, 0.4) is 0 Å².